The summed E-state index contributed by atoms with van der Waals surface area (Å²) >= 11 is 0. The van der Waals surface area contributed by atoms with E-state index in [9.17, 15) is 0 Å². The lowest BCUT2D eigenvalue weighted by atomic mass is 11.5. The Bertz CT molecular complexity index is 188. The molecule has 0 aromatic carbocycles. The minimum atomic E-state index is -4.61. The molecular weight excluding hydrogens is 188 g/mol. The van der Waals surface area contributed by atoms with E-state index in [1.165, 1.54) is 0 Å². The third kappa shape index (κ3) is 27.4. The van der Waals surface area contributed by atoms with E-state index < -0.39 is 16.6 Å². The van der Waals surface area contributed by atoms with Crippen LogP contribution in [0.25, 0.3) is 0 Å². The van der Waals surface area contributed by atoms with Crippen molar-refractivity contribution < 1.29 is 42.6 Å². The van der Waals surface area contributed by atoms with Crippen LogP contribution < -0.4 is 0 Å². The predicted octanol–water partition coefficient (Wildman–Crippen LogP) is -0.567. The Hall–Kier alpha value is -0.940. The second-order valence-corrected chi connectivity index (χ2v) is 1.86. The largest absolute Gasteiger partial charge is 0.537 e. The summed E-state index contributed by atoms with van der Waals surface area (Å²) in [4.78, 5) is 11.6. The second kappa shape index (κ2) is 5.82. The first-order valence-corrected chi connectivity index (χ1v) is 3.04. The van der Waals surface area contributed by atoms with Gasteiger partial charge in [0.1, 0.15) is 0 Å². The Labute approximate surface area is 60.2 Å². The first kappa shape index (κ1) is 12.7. The summed E-state index contributed by atoms with van der Waals surface area (Å²) in [6.45, 7) is 0. The van der Waals surface area contributed by atoms with Crippen LogP contribution in [-0.4, -0.2) is 34.7 Å². The molecule has 0 heterocycles. The van der Waals surface area contributed by atoms with Crippen LogP contribution in [-0.2, 0) is 19.6 Å². The Morgan fingerprint density at radius 3 is 1.45 bits per heavy atom. The van der Waals surface area contributed by atoms with E-state index in [1.807, 2.05) is 0 Å². The molecule has 0 bridgehead atoms. The fourth-order valence-electron chi connectivity index (χ4n) is 0. The van der Waals surface area contributed by atoms with E-state index in [1.54, 1.807) is 0 Å². The second-order valence-electron chi connectivity index (χ2n) is 0.859. The summed E-state index contributed by atoms with van der Waals surface area (Å²) in [5, 5.41) is 21.4. The Kier molecular flexibility index (Phi) is 6.72. The van der Waals surface area contributed by atoms with Crippen LogP contribution in [0.15, 0.2) is 0 Å². The van der Waals surface area contributed by atoms with Gasteiger partial charge in [0.2, 0.25) is 0 Å². The van der Waals surface area contributed by atoms with Crippen LogP contribution >= 0.6 is 0 Å². The lowest BCUT2D eigenvalue weighted by molar-refractivity contribution is -0.194. The molecule has 9 nitrogen and oxygen atoms in total. The van der Waals surface area contributed by atoms with Crippen molar-refractivity contribution in [3.63, 3.8) is 0 Å². The van der Waals surface area contributed by atoms with Crippen LogP contribution in [0.5, 0.6) is 0 Å². The van der Waals surface area contributed by atoms with Gasteiger partial charge >= 0.3 is 16.6 Å². The van der Waals surface area contributed by atoms with Crippen molar-refractivity contribution in [1.29, 1.82) is 0 Å². The molecule has 0 saturated heterocycles. The highest BCUT2D eigenvalue weighted by atomic mass is 32.3. The average molecular weight is 192 g/mol. The monoisotopic (exact) mass is 192 g/mol. The molecule has 0 atom stereocenters. The molecule has 0 aromatic heterocycles. The Morgan fingerprint density at radius 1 is 1.27 bits per heavy atom. The zero-order valence-corrected chi connectivity index (χ0v) is 5.55. The van der Waals surface area contributed by atoms with Crippen molar-refractivity contribution >= 4 is 16.6 Å². The average Bonchev–Trinajstić information content (AvgIpc) is 1.88. The van der Waals surface area contributed by atoms with Gasteiger partial charge in [0.05, 0.1) is 0 Å². The number of rotatable bonds is 1. The minimum Gasteiger partial charge on any atom is -0.448 e. The summed E-state index contributed by atoms with van der Waals surface area (Å²) in [7, 11) is -4.61. The summed E-state index contributed by atoms with van der Waals surface area (Å²) in [6.07, 6.45) is -1.69. The smallest absolute Gasteiger partial charge is 0.448 e. The normalized spacial score (nSPS) is 9.36. The standard InChI is InChI=1S/CH2O4.H2O5S/c2-1(3)5-4;1-5-6(2,3)4/h4H,(H,2,3);1H,(H,2,3,4). The molecule has 4 N–H and O–H groups in total. The zero-order chi connectivity index (χ0) is 9.49. The number of carbonyl (C=O) groups is 1. The van der Waals surface area contributed by atoms with E-state index in [4.69, 9.17) is 33.4 Å². The van der Waals surface area contributed by atoms with Gasteiger partial charge in [0, 0.05) is 0 Å². The van der Waals surface area contributed by atoms with Gasteiger partial charge < -0.3 is 5.11 Å². The molecule has 0 spiro atoms. The maximum atomic E-state index is 9.08. The fourth-order valence-corrected chi connectivity index (χ4v) is 0. The maximum absolute atomic E-state index is 9.08. The third-order valence-electron chi connectivity index (χ3n) is 0.172. The molecule has 0 saturated carbocycles. The highest BCUT2D eigenvalue weighted by molar-refractivity contribution is 7.80. The van der Waals surface area contributed by atoms with Crippen LogP contribution in [0.1, 0.15) is 0 Å². The van der Waals surface area contributed by atoms with Crippen LogP contribution in [0.2, 0.25) is 0 Å². The molecule has 0 aliphatic rings. The third-order valence-corrected chi connectivity index (χ3v) is 0.361. The molecule has 0 amide bonds. The van der Waals surface area contributed by atoms with Gasteiger partial charge in [-0.2, -0.15) is 13.7 Å². The van der Waals surface area contributed by atoms with Gasteiger partial charge in [-0.05, 0) is 0 Å². The molecule has 0 rings (SSSR count). The lowest BCUT2D eigenvalue weighted by Gasteiger charge is -1.79. The summed E-state index contributed by atoms with van der Waals surface area (Å²) < 4.78 is 28.0. The molecule has 0 unspecified atom stereocenters. The molecular formula is CH4O9S. The van der Waals surface area contributed by atoms with E-state index in [0.29, 0.717) is 0 Å². The number of hydrogen-bond donors (Lipinski definition) is 4. The molecule has 0 aliphatic heterocycles. The quantitative estimate of drug-likeness (QED) is 0.243. The van der Waals surface area contributed by atoms with Crippen LogP contribution in [0.3, 0.4) is 0 Å². The molecule has 0 aliphatic carbocycles. The van der Waals surface area contributed by atoms with Crippen LogP contribution in [0, 0.1) is 0 Å². The number of hydrogen-bond acceptors (Lipinski definition) is 7. The predicted molar refractivity (Wildman–Crippen MR) is 27.0 cm³/mol. The Balaban J connectivity index is 0. The highest BCUT2D eigenvalue weighted by Gasteiger charge is 1.97. The topological polar surface area (TPSA) is 151 Å². The van der Waals surface area contributed by atoms with Gasteiger partial charge in [-0.25, -0.2) is 10.1 Å². The van der Waals surface area contributed by atoms with Crippen LogP contribution in [0.4, 0.5) is 4.79 Å². The first-order chi connectivity index (χ1) is 4.83. The van der Waals surface area contributed by atoms with Crippen molar-refractivity contribution in [2.45, 2.75) is 0 Å². The molecule has 0 radical (unpaired) electrons. The summed E-state index contributed by atoms with van der Waals surface area (Å²) in [5.41, 5.74) is 0. The summed E-state index contributed by atoms with van der Waals surface area (Å²) in [6, 6.07) is 0. The Morgan fingerprint density at radius 2 is 1.45 bits per heavy atom. The van der Waals surface area contributed by atoms with Gasteiger partial charge in [0.25, 0.3) is 0 Å². The molecule has 11 heavy (non-hydrogen) atoms. The SMILES string of the molecule is O=C(O)OO.O=S(=O)(O)OO. The van der Waals surface area contributed by atoms with Gasteiger partial charge in [0.15, 0.2) is 0 Å². The van der Waals surface area contributed by atoms with E-state index >= 15 is 0 Å². The minimum absolute atomic E-state index is 1.69. The van der Waals surface area contributed by atoms with Crippen molar-refractivity contribution in [2.24, 2.45) is 0 Å². The summed E-state index contributed by atoms with van der Waals surface area (Å²) in [5.74, 6) is 0. The number of carboxylic acid groups (broad SMARTS) is 1. The fraction of sp³-hybridized carbons (Fsp3) is 0. The molecule has 0 aromatic rings. The van der Waals surface area contributed by atoms with Crippen molar-refractivity contribution in [2.75, 3.05) is 0 Å². The van der Waals surface area contributed by atoms with Crippen molar-refractivity contribution in [1.82, 2.24) is 0 Å². The van der Waals surface area contributed by atoms with E-state index in [2.05, 4.69) is 9.22 Å². The molecule has 10 heteroatoms. The van der Waals surface area contributed by atoms with E-state index in [0.717, 1.165) is 0 Å². The van der Waals surface area contributed by atoms with Gasteiger partial charge in [-0.15, -0.1) is 0 Å². The van der Waals surface area contributed by atoms with Crippen molar-refractivity contribution in [3.8, 4) is 0 Å². The first-order valence-electron chi connectivity index (χ1n) is 1.68. The van der Waals surface area contributed by atoms with Crippen molar-refractivity contribution in [3.05, 3.63) is 0 Å². The van der Waals surface area contributed by atoms with Gasteiger partial charge in [-0.1, -0.05) is 4.33 Å². The molecule has 0 fully saturated rings. The van der Waals surface area contributed by atoms with Gasteiger partial charge in [-0.3, -0.25) is 9.44 Å². The molecule has 68 valence electrons. The maximum Gasteiger partial charge on any atom is 0.537 e. The lowest BCUT2D eigenvalue weighted by Crippen LogP contribution is -1.97. The highest BCUT2D eigenvalue weighted by Crippen LogP contribution is 1.74. The van der Waals surface area contributed by atoms with E-state index in [-0.39, 0.29) is 0 Å². The zero-order valence-electron chi connectivity index (χ0n) is 4.74.